The quantitative estimate of drug-likeness (QED) is 0.458. The number of esters is 1. The van der Waals surface area contributed by atoms with Crippen molar-refractivity contribution in [2.24, 2.45) is 0 Å². The van der Waals surface area contributed by atoms with Crippen molar-refractivity contribution in [2.75, 3.05) is 6.61 Å². The molecule has 0 saturated heterocycles. The van der Waals surface area contributed by atoms with Gasteiger partial charge < -0.3 is 4.74 Å². The van der Waals surface area contributed by atoms with Crippen molar-refractivity contribution in [1.82, 2.24) is 0 Å². The molecule has 0 aliphatic rings. The van der Waals surface area contributed by atoms with Gasteiger partial charge in [-0.2, -0.15) is 4.39 Å². The van der Waals surface area contributed by atoms with Crippen LogP contribution in [0.25, 0.3) is 0 Å². The fourth-order valence-electron chi connectivity index (χ4n) is 1.25. The smallest absolute Gasteiger partial charge is 0.367 e. The Morgan fingerprint density at radius 3 is 2.35 bits per heavy atom. The molecule has 0 amide bonds. The molecule has 0 unspecified atom stereocenters. The van der Waals surface area contributed by atoms with Gasteiger partial charge in [-0.25, -0.2) is 4.79 Å². The average molecular weight is 236 g/mol. The predicted octanol–water partition coefficient (Wildman–Crippen LogP) is 2.68. The van der Waals surface area contributed by atoms with Crippen LogP contribution in [0.15, 0.2) is 41.7 Å². The van der Waals surface area contributed by atoms with Crippen LogP contribution in [0.4, 0.5) is 4.39 Å². The summed E-state index contributed by atoms with van der Waals surface area (Å²) in [6.45, 7) is 2.90. The summed E-state index contributed by atoms with van der Waals surface area (Å²) in [5, 5.41) is 0. The number of benzene rings is 1. The van der Waals surface area contributed by atoms with Crippen molar-refractivity contribution in [3.63, 3.8) is 0 Å². The van der Waals surface area contributed by atoms with Crippen molar-refractivity contribution in [3.05, 3.63) is 47.3 Å². The number of Topliss-reactive ketones (excluding diaryl/α,β-unsaturated/α-hetero) is 1. The molecule has 17 heavy (non-hydrogen) atoms. The molecule has 4 heteroatoms. The molecule has 0 N–H and O–H groups in total. The van der Waals surface area contributed by atoms with Crippen molar-refractivity contribution >= 4 is 11.8 Å². The molecule has 3 nitrogen and oxygen atoms in total. The number of ether oxygens (including phenoxy) is 1. The van der Waals surface area contributed by atoms with E-state index in [-0.39, 0.29) is 12.2 Å². The Kier molecular flexibility index (Phi) is 4.57. The summed E-state index contributed by atoms with van der Waals surface area (Å²) < 4.78 is 18.0. The number of allylic oxidation sites excluding steroid dienone is 1. The third kappa shape index (κ3) is 3.24. The highest BCUT2D eigenvalue weighted by molar-refractivity contribution is 6.11. The number of hydrogen-bond acceptors (Lipinski definition) is 3. The summed E-state index contributed by atoms with van der Waals surface area (Å²) in [5.74, 6) is -2.76. The van der Waals surface area contributed by atoms with Gasteiger partial charge >= 0.3 is 5.97 Å². The lowest BCUT2D eigenvalue weighted by molar-refractivity contribution is -0.140. The van der Waals surface area contributed by atoms with Crippen molar-refractivity contribution < 1.29 is 18.7 Å². The summed E-state index contributed by atoms with van der Waals surface area (Å²) >= 11 is 0. The van der Waals surface area contributed by atoms with Crippen LogP contribution < -0.4 is 0 Å². The average Bonchev–Trinajstić information content (AvgIpc) is 2.37. The molecule has 1 rings (SSSR count). The van der Waals surface area contributed by atoms with Crippen LogP contribution in [0, 0.1) is 0 Å². The number of carbonyl (C=O) groups excluding carboxylic acids is 2. The molecule has 0 radical (unpaired) electrons. The van der Waals surface area contributed by atoms with Crippen molar-refractivity contribution in [1.29, 1.82) is 0 Å². The van der Waals surface area contributed by atoms with Crippen molar-refractivity contribution in [3.8, 4) is 0 Å². The van der Waals surface area contributed by atoms with E-state index in [1.807, 2.05) is 0 Å². The normalized spacial score (nSPS) is 11.7. The van der Waals surface area contributed by atoms with Gasteiger partial charge in [0.05, 0.1) is 6.61 Å². The molecule has 0 aromatic heterocycles. The molecule has 90 valence electrons. The third-order valence-corrected chi connectivity index (χ3v) is 2.16. The second-order valence-corrected chi connectivity index (χ2v) is 3.35. The van der Waals surface area contributed by atoms with Gasteiger partial charge in [0, 0.05) is 11.1 Å². The largest absolute Gasteiger partial charge is 0.461 e. The van der Waals surface area contributed by atoms with Gasteiger partial charge in [0.25, 0.3) is 0 Å². The lowest BCUT2D eigenvalue weighted by Gasteiger charge is -2.03. The Bertz CT molecular complexity index is 449. The van der Waals surface area contributed by atoms with Gasteiger partial charge in [-0.3, -0.25) is 4.79 Å². The van der Waals surface area contributed by atoms with E-state index in [1.54, 1.807) is 37.3 Å². The van der Waals surface area contributed by atoms with E-state index >= 15 is 0 Å². The zero-order valence-electron chi connectivity index (χ0n) is 9.70. The standard InChI is InChI=1S/C13H13FO3/c1-3-17-13(16)11(14)9(2)12(15)10-7-5-4-6-8-10/h4-8H,3H2,1-2H3/b11-9+. The first-order chi connectivity index (χ1) is 8.07. The maximum Gasteiger partial charge on any atom is 0.367 e. The van der Waals surface area contributed by atoms with E-state index in [1.165, 1.54) is 6.92 Å². The van der Waals surface area contributed by atoms with Gasteiger partial charge in [-0.15, -0.1) is 0 Å². The topological polar surface area (TPSA) is 43.4 Å². The molecule has 0 aliphatic carbocycles. The Labute approximate surface area is 98.9 Å². The SMILES string of the molecule is CCOC(=O)/C(F)=C(/C)C(=O)c1ccccc1. The van der Waals surface area contributed by atoms with Gasteiger partial charge in [0.2, 0.25) is 5.83 Å². The first kappa shape index (κ1) is 13.1. The zero-order valence-corrected chi connectivity index (χ0v) is 9.70. The van der Waals surface area contributed by atoms with E-state index in [2.05, 4.69) is 4.74 Å². The Morgan fingerprint density at radius 1 is 1.24 bits per heavy atom. The maximum atomic E-state index is 13.5. The summed E-state index contributed by atoms with van der Waals surface area (Å²) in [7, 11) is 0. The summed E-state index contributed by atoms with van der Waals surface area (Å²) in [4.78, 5) is 22.9. The second-order valence-electron chi connectivity index (χ2n) is 3.35. The predicted molar refractivity (Wildman–Crippen MR) is 61.2 cm³/mol. The molecule has 0 fully saturated rings. The number of ketones is 1. The van der Waals surface area contributed by atoms with Gasteiger partial charge in [0.15, 0.2) is 5.78 Å². The molecule has 0 atom stereocenters. The van der Waals surface area contributed by atoms with Crippen molar-refractivity contribution in [2.45, 2.75) is 13.8 Å². The van der Waals surface area contributed by atoms with E-state index in [0.717, 1.165) is 0 Å². The molecular weight excluding hydrogens is 223 g/mol. The molecular formula is C13H13FO3. The Morgan fingerprint density at radius 2 is 1.82 bits per heavy atom. The maximum absolute atomic E-state index is 13.5. The molecule has 0 bridgehead atoms. The molecule has 0 saturated carbocycles. The van der Waals surface area contributed by atoms with Crippen LogP contribution in [0.1, 0.15) is 24.2 Å². The highest BCUT2D eigenvalue weighted by Crippen LogP contribution is 2.14. The van der Waals surface area contributed by atoms with Gasteiger partial charge in [0.1, 0.15) is 0 Å². The van der Waals surface area contributed by atoms with E-state index in [9.17, 15) is 14.0 Å². The molecule has 1 aromatic rings. The summed E-state index contributed by atoms with van der Waals surface area (Å²) in [6.07, 6.45) is 0. The van der Waals surface area contributed by atoms with Crippen LogP contribution >= 0.6 is 0 Å². The molecule has 0 aliphatic heterocycles. The van der Waals surface area contributed by atoms with Crippen LogP contribution in [0.2, 0.25) is 0 Å². The molecule has 1 aromatic carbocycles. The molecule has 0 heterocycles. The van der Waals surface area contributed by atoms with Crippen LogP contribution in [-0.2, 0) is 9.53 Å². The number of halogens is 1. The Hall–Kier alpha value is -1.97. The molecule has 0 spiro atoms. The fourth-order valence-corrected chi connectivity index (χ4v) is 1.25. The minimum absolute atomic E-state index is 0.0685. The minimum atomic E-state index is -1.14. The van der Waals surface area contributed by atoms with E-state index in [4.69, 9.17) is 0 Å². The monoisotopic (exact) mass is 236 g/mol. The lowest BCUT2D eigenvalue weighted by atomic mass is 10.0. The lowest BCUT2D eigenvalue weighted by Crippen LogP contribution is -2.10. The van der Waals surface area contributed by atoms with Crippen LogP contribution in [0.5, 0.6) is 0 Å². The number of rotatable bonds is 4. The third-order valence-electron chi connectivity index (χ3n) is 2.16. The number of carbonyl (C=O) groups is 2. The summed E-state index contributed by atoms with van der Waals surface area (Å²) in [6, 6.07) is 8.21. The first-order valence-electron chi connectivity index (χ1n) is 5.21. The number of hydrogen-bond donors (Lipinski definition) is 0. The minimum Gasteiger partial charge on any atom is -0.461 e. The Balaban J connectivity index is 2.96. The first-order valence-corrected chi connectivity index (χ1v) is 5.21. The van der Waals surface area contributed by atoms with E-state index < -0.39 is 17.6 Å². The van der Waals surface area contributed by atoms with Crippen LogP contribution in [-0.4, -0.2) is 18.4 Å². The van der Waals surface area contributed by atoms with Gasteiger partial charge in [-0.1, -0.05) is 30.3 Å². The second kappa shape index (κ2) is 5.94. The highest BCUT2D eigenvalue weighted by atomic mass is 19.1. The summed E-state index contributed by atoms with van der Waals surface area (Å²) in [5.41, 5.74) is 0.0964. The van der Waals surface area contributed by atoms with E-state index in [0.29, 0.717) is 5.56 Å². The zero-order chi connectivity index (χ0) is 12.8. The highest BCUT2D eigenvalue weighted by Gasteiger charge is 2.19. The fraction of sp³-hybridized carbons (Fsp3) is 0.231. The van der Waals surface area contributed by atoms with Gasteiger partial charge in [-0.05, 0) is 13.8 Å². The van der Waals surface area contributed by atoms with Crippen LogP contribution in [0.3, 0.4) is 0 Å².